The molecule has 0 aliphatic heterocycles. The third kappa shape index (κ3) is 3.71. The summed E-state index contributed by atoms with van der Waals surface area (Å²) in [5.74, 6) is 6.51. The summed E-state index contributed by atoms with van der Waals surface area (Å²) >= 11 is 6.97. The van der Waals surface area contributed by atoms with Crippen LogP contribution in [0.2, 0.25) is 18.1 Å². The second-order valence-electron chi connectivity index (χ2n) is 11.2. The zero-order valence-electron chi connectivity index (χ0n) is 19.3. The number of hydrogen-bond acceptors (Lipinski definition) is 2. The Morgan fingerprint density at radius 3 is 2.30 bits per heavy atom. The molecule has 0 amide bonds. The van der Waals surface area contributed by atoms with Gasteiger partial charge in [-0.2, -0.15) is 0 Å². The van der Waals surface area contributed by atoms with Crippen molar-refractivity contribution < 1.29 is 9.16 Å². The van der Waals surface area contributed by atoms with Gasteiger partial charge in [0.25, 0.3) is 8.32 Å². The molecule has 5 rings (SSSR count). The third-order valence-corrected chi connectivity index (χ3v) is 12.8. The van der Waals surface area contributed by atoms with Crippen molar-refractivity contribution in [3.05, 3.63) is 34.9 Å². The lowest BCUT2D eigenvalue weighted by Crippen LogP contribution is -2.48. The van der Waals surface area contributed by atoms with Crippen LogP contribution in [0.15, 0.2) is 23.8 Å². The molecule has 0 heterocycles. The van der Waals surface area contributed by atoms with Gasteiger partial charge in [0.2, 0.25) is 0 Å². The number of hydrogen-bond donors (Lipinski definition) is 0. The number of terminal acetylenes is 1. The maximum absolute atomic E-state index is 6.97. The van der Waals surface area contributed by atoms with Crippen LogP contribution in [0.3, 0.4) is 0 Å². The van der Waals surface area contributed by atoms with Crippen LogP contribution in [-0.4, -0.2) is 20.3 Å². The first-order valence-corrected chi connectivity index (χ1v) is 14.5. The van der Waals surface area contributed by atoms with Gasteiger partial charge in [-0.25, -0.2) is 0 Å². The maximum Gasteiger partial charge on any atom is 0.250 e. The van der Waals surface area contributed by atoms with E-state index in [4.69, 9.17) is 27.2 Å². The summed E-state index contributed by atoms with van der Waals surface area (Å²) in [6.07, 6.45) is 11.7. The van der Waals surface area contributed by atoms with Crippen LogP contribution in [0.1, 0.15) is 64.0 Å². The van der Waals surface area contributed by atoms with Crippen molar-refractivity contribution in [3.63, 3.8) is 0 Å². The van der Waals surface area contributed by atoms with Crippen LogP contribution in [0, 0.1) is 30.1 Å². The topological polar surface area (TPSA) is 18.5 Å². The van der Waals surface area contributed by atoms with E-state index in [2.05, 4.69) is 51.9 Å². The molecule has 4 fully saturated rings. The largest absolute Gasteiger partial charge is 0.543 e. The van der Waals surface area contributed by atoms with Crippen molar-refractivity contribution in [2.24, 2.45) is 17.8 Å². The lowest BCUT2D eigenvalue weighted by Gasteiger charge is -2.55. The fraction of sp³-hybridized carbons (Fsp3) is 0.615. The van der Waals surface area contributed by atoms with Crippen molar-refractivity contribution in [2.45, 2.75) is 75.9 Å². The Labute approximate surface area is 188 Å². The number of halogens is 1. The molecule has 0 saturated heterocycles. The van der Waals surface area contributed by atoms with Crippen molar-refractivity contribution in [1.29, 1.82) is 0 Å². The minimum absolute atomic E-state index is 0.0166. The molecule has 30 heavy (non-hydrogen) atoms. The average Bonchev–Trinajstić information content (AvgIpc) is 2.62. The van der Waals surface area contributed by atoms with Crippen LogP contribution in [0.5, 0.6) is 5.75 Å². The summed E-state index contributed by atoms with van der Waals surface area (Å²) in [4.78, 5) is 0.0166. The van der Waals surface area contributed by atoms with Crippen molar-refractivity contribution >= 4 is 25.7 Å². The molecule has 0 N–H and O–H groups in total. The standard InChI is InChI=1S/C26H35ClO2Si/c1-8-18-9-10-19(13-22(18)29-30(6,7)25(2,3)4)24(28-5)23-20-11-17-12-21(23)16-26(27,14-17)15-20/h1,9-10,13,17,20-21H,11-12,14-16H2,2-7H3/t17?,20-,21?,26?/m0/s1. The Morgan fingerprint density at radius 2 is 1.80 bits per heavy atom. The van der Waals surface area contributed by atoms with Crippen molar-refractivity contribution in [3.8, 4) is 18.1 Å². The molecule has 4 heteroatoms. The van der Waals surface area contributed by atoms with Gasteiger partial charge in [0.1, 0.15) is 11.5 Å². The van der Waals surface area contributed by atoms with Crippen molar-refractivity contribution in [1.82, 2.24) is 0 Å². The van der Waals surface area contributed by atoms with E-state index in [0.29, 0.717) is 11.8 Å². The number of methoxy groups -OCH3 is 1. The lowest BCUT2D eigenvalue weighted by atomic mass is 9.53. The summed E-state index contributed by atoms with van der Waals surface area (Å²) in [6, 6.07) is 6.22. The molecule has 4 atom stereocenters. The molecule has 1 aromatic carbocycles. The van der Waals surface area contributed by atoms with E-state index in [1.165, 1.54) is 24.8 Å². The Hall–Kier alpha value is -1.37. The molecule has 4 bridgehead atoms. The van der Waals surface area contributed by atoms with E-state index >= 15 is 0 Å². The first-order valence-electron chi connectivity index (χ1n) is 11.2. The highest BCUT2D eigenvalue weighted by Gasteiger charge is 2.53. The average molecular weight is 443 g/mol. The van der Waals surface area contributed by atoms with E-state index in [9.17, 15) is 0 Å². The molecule has 4 aliphatic rings. The maximum atomic E-state index is 6.97. The molecule has 0 aromatic heterocycles. The summed E-state index contributed by atoms with van der Waals surface area (Å²) < 4.78 is 12.7. The van der Waals surface area contributed by atoms with Crippen LogP contribution < -0.4 is 4.43 Å². The smallest absolute Gasteiger partial charge is 0.250 e. The second-order valence-corrected chi connectivity index (χ2v) is 16.7. The van der Waals surface area contributed by atoms with Crippen LogP contribution >= 0.6 is 11.6 Å². The molecule has 162 valence electrons. The van der Waals surface area contributed by atoms with Gasteiger partial charge in [0, 0.05) is 10.4 Å². The highest BCUT2D eigenvalue weighted by Crippen LogP contribution is 2.61. The third-order valence-electron chi connectivity index (χ3n) is 8.03. The van der Waals surface area contributed by atoms with Gasteiger partial charge in [0.05, 0.1) is 12.7 Å². The van der Waals surface area contributed by atoms with E-state index < -0.39 is 8.32 Å². The van der Waals surface area contributed by atoms with Gasteiger partial charge in [-0.1, -0.05) is 26.7 Å². The zero-order valence-corrected chi connectivity index (χ0v) is 21.0. The molecule has 0 radical (unpaired) electrons. The van der Waals surface area contributed by atoms with E-state index in [0.717, 1.165) is 41.4 Å². The number of allylic oxidation sites excluding steroid dienone is 1. The van der Waals surface area contributed by atoms with Gasteiger partial charge < -0.3 is 9.16 Å². The molecule has 0 spiro atoms. The van der Waals surface area contributed by atoms with Gasteiger partial charge in [-0.15, -0.1) is 18.0 Å². The Morgan fingerprint density at radius 1 is 1.17 bits per heavy atom. The van der Waals surface area contributed by atoms with Gasteiger partial charge in [0.15, 0.2) is 0 Å². The summed E-state index contributed by atoms with van der Waals surface area (Å²) in [5, 5.41) is 0.105. The Kier molecular flexibility index (Phi) is 5.35. The number of alkyl halides is 1. The van der Waals surface area contributed by atoms with Gasteiger partial charge >= 0.3 is 0 Å². The fourth-order valence-electron chi connectivity index (χ4n) is 5.76. The first-order chi connectivity index (χ1) is 14.0. The number of ether oxygens (including phenoxy) is 1. The van der Waals surface area contributed by atoms with Crippen LogP contribution in [-0.2, 0) is 4.74 Å². The monoisotopic (exact) mass is 442 g/mol. The molecular formula is C26H35ClO2Si. The minimum atomic E-state index is -2.01. The second kappa shape index (κ2) is 7.35. The number of benzene rings is 1. The molecule has 1 aromatic rings. The highest BCUT2D eigenvalue weighted by molar-refractivity contribution is 6.74. The fourth-order valence-corrected chi connectivity index (χ4v) is 7.38. The van der Waals surface area contributed by atoms with Crippen LogP contribution in [0.4, 0.5) is 0 Å². The Bertz CT molecular complexity index is 900. The normalized spacial score (nSPS) is 32.0. The summed E-state index contributed by atoms with van der Waals surface area (Å²) in [6.45, 7) is 11.3. The summed E-state index contributed by atoms with van der Waals surface area (Å²) in [5.41, 5.74) is 3.38. The van der Waals surface area contributed by atoms with E-state index in [-0.39, 0.29) is 9.91 Å². The molecule has 4 saturated carbocycles. The van der Waals surface area contributed by atoms with Gasteiger partial charge in [-0.05, 0) is 91.8 Å². The molecule has 3 unspecified atom stereocenters. The van der Waals surface area contributed by atoms with Crippen molar-refractivity contribution in [2.75, 3.05) is 7.11 Å². The zero-order chi connectivity index (χ0) is 21.9. The lowest BCUT2D eigenvalue weighted by molar-refractivity contribution is 0.0843. The van der Waals surface area contributed by atoms with E-state index in [1.54, 1.807) is 7.11 Å². The van der Waals surface area contributed by atoms with Gasteiger partial charge in [-0.3, -0.25) is 0 Å². The quantitative estimate of drug-likeness (QED) is 0.212. The SMILES string of the molecule is C#Cc1ccc(C(OC)=C2C3CC4C[C@H]2CC(Cl)(C4)C3)cc1O[Si](C)(C)C(C)(C)C. The predicted molar refractivity (Wildman–Crippen MR) is 128 cm³/mol. The molecular weight excluding hydrogens is 408 g/mol. The van der Waals surface area contributed by atoms with Crippen LogP contribution in [0.25, 0.3) is 5.76 Å². The molecule has 4 aliphatic carbocycles. The highest BCUT2D eigenvalue weighted by atomic mass is 35.5. The molecule has 2 nitrogen and oxygen atoms in total. The summed E-state index contributed by atoms with van der Waals surface area (Å²) in [7, 11) is -0.208. The minimum Gasteiger partial charge on any atom is -0.543 e. The number of rotatable bonds is 4. The van der Waals surface area contributed by atoms with E-state index in [1.807, 2.05) is 6.07 Å². The predicted octanol–water partition coefficient (Wildman–Crippen LogP) is 7.23. The first kappa shape index (κ1) is 21.8. The Balaban J connectivity index is 1.75.